The molecule has 0 amide bonds. The summed E-state index contributed by atoms with van der Waals surface area (Å²) in [6.45, 7) is 4.97. The molecule has 29 heavy (non-hydrogen) atoms. The van der Waals surface area contributed by atoms with Crippen molar-refractivity contribution in [2.75, 3.05) is 6.61 Å². The maximum atomic E-state index is 6.63. The van der Waals surface area contributed by atoms with Gasteiger partial charge in [0.05, 0.1) is 24.3 Å². The second kappa shape index (κ2) is 9.65. The van der Waals surface area contributed by atoms with Crippen LogP contribution in [0.5, 0.6) is 0 Å². The number of ether oxygens (including phenoxy) is 2. The highest BCUT2D eigenvalue weighted by molar-refractivity contribution is 7.09. The van der Waals surface area contributed by atoms with Crippen LogP contribution in [0, 0.1) is 13.8 Å². The minimum atomic E-state index is -0.213. The second-order valence-corrected chi connectivity index (χ2v) is 8.76. The molecule has 2 aromatic heterocycles. The summed E-state index contributed by atoms with van der Waals surface area (Å²) in [4.78, 5) is 9.80. The maximum absolute atomic E-state index is 6.63. The predicted octanol–water partition coefficient (Wildman–Crippen LogP) is 5.42. The number of benzene rings is 1. The van der Waals surface area contributed by atoms with Crippen molar-refractivity contribution in [1.82, 2.24) is 9.97 Å². The van der Waals surface area contributed by atoms with E-state index in [-0.39, 0.29) is 18.3 Å². The summed E-state index contributed by atoms with van der Waals surface area (Å²) < 4.78 is 18.1. The Kier molecular flexibility index (Phi) is 6.74. The lowest BCUT2D eigenvalue weighted by atomic mass is 9.93. The van der Waals surface area contributed by atoms with Crippen LogP contribution in [0.15, 0.2) is 47.0 Å². The Morgan fingerprint density at radius 3 is 2.93 bits per heavy atom. The Hall–Kier alpha value is -2.02. The summed E-state index contributed by atoms with van der Waals surface area (Å²) >= 11 is 1.69. The van der Waals surface area contributed by atoms with Crippen LogP contribution in [0.25, 0.3) is 0 Å². The molecule has 4 rings (SSSR count). The zero-order valence-corrected chi connectivity index (χ0v) is 17.9. The van der Waals surface area contributed by atoms with Crippen LogP contribution in [0.1, 0.15) is 59.0 Å². The molecule has 0 bridgehead atoms. The first kappa shape index (κ1) is 20.3. The van der Waals surface area contributed by atoms with Gasteiger partial charge in [0.15, 0.2) is 6.39 Å². The summed E-state index contributed by atoms with van der Waals surface area (Å²) in [5, 5.41) is 0. The van der Waals surface area contributed by atoms with Crippen LogP contribution in [0.2, 0.25) is 0 Å². The highest BCUT2D eigenvalue weighted by atomic mass is 32.1. The molecule has 1 unspecified atom stereocenters. The highest BCUT2D eigenvalue weighted by Crippen LogP contribution is 2.34. The van der Waals surface area contributed by atoms with E-state index < -0.39 is 0 Å². The van der Waals surface area contributed by atoms with E-state index in [4.69, 9.17) is 13.9 Å². The third-order valence-corrected chi connectivity index (χ3v) is 6.37. The third-order valence-electron chi connectivity index (χ3n) is 5.53. The van der Waals surface area contributed by atoms with Crippen LogP contribution in [-0.2, 0) is 15.9 Å². The molecule has 154 valence electrons. The lowest BCUT2D eigenvalue weighted by Gasteiger charge is -2.32. The van der Waals surface area contributed by atoms with Crippen molar-refractivity contribution in [1.29, 1.82) is 0 Å². The van der Waals surface area contributed by atoms with Crippen molar-refractivity contribution in [2.45, 2.75) is 64.3 Å². The van der Waals surface area contributed by atoms with E-state index >= 15 is 0 Å². The smallest absolute Gasteiger partial charge is 0.180 e. The fourth-order valence-electron chi connectivity index (χ4n) is 3.96. The highest BCUT2D eigenvalue weighted by Gasteiger charge is 2.29. The topological polar surface area (TPSA) is 57.4 Å². The Balaban J connectivity index is 1.41. The number of thiazole rings is 1. The first-order valence-corrected chi connectivity index (χ1v) is 11.2. The zero-order valence-electron chi connectivity index (χ0n) is 17.0. The normalized spacial score (nSPS) is 20.6. The Labute approximate surface area is 176 Å². The minimum Gasteiger partial charge on any atom is -0.451 e. The average molecular weight is 413 g/mol. The molecule has 6 heteroatoms. The van der Waals surface area contributed by atoms with Crippen LogP contribution >= 0.6 is 11.3 Å². The molecular weight excluding hydrogens is 384 g/mol. The fraction of sp³-hybridized carbons (Fsp3) is 0.478. The zero-order chi connectivity index (χ0) is 20.1. The van der Waals surface area contributed by atoms with Gasteiger partial charge in [0.1, 0.15) is 18.1 Å². The number of nitrogens with zero attached hydrogens (tertiary/aromatic N) is 2. The van der Waals surface area contributed by atoms with Gasteiger partial charge in [-0.1, -0.05) is 23.8 Å². The number of oxazole rings is 1. The predicted molar refractivity (Wildman–Crippen MR) is 113 cm³/mol. The molecule has 0 radical (unpaired) electrons. The van der Waals surface area contributed by atoms with E-state index in [1.165, 1.54) is 22.4 Å². The molecular formula is C23H28N2O3S. The Morgan fingerprint density at radius 1 is 1.24 bits per heavy atom. The average Bonchev–Trinajstić information content (AvgIpc) is 3.43. The summed E-state index contributed by atoms with van der Waals surface area (Å²) in [6.07, 6.45) is 10.4. The van der Waals surface area contributed by atoms with Gasteiger partial charge in [0, 0.05) is 17.5 Å². The lowest BCUT2D eigenvalue weighted by molar-refractivity contribution is -0.0648. The van der Waals surface area contributed by atoms with Crippen LogP contribution in [0.4, 0.5) is 0 Å². The molecule has 2 heterocycles. The Bertz CT molecular complexity index is 880. The molecule has 1 fully saturated rings. The summed E-state index contributed by atoms with van der Waals surface area (Å²) in [5.41, 5.74) is 6.28. The number of rotatable bonds is 8. The van der Waals surface area contributed by atoms with Crippen molar-refractivity contribution >= 4 is 11.3 Å². The first-order chi connectivity index (χ1) is 14.2. The number of hydrogen-bond acceptors (Lipinski definition) is 6. The van der Waals surface area contributed by atoms with Gasteiger partial charge in [0.25, 0.3) is 0 Å². The summed E-state index contributed by atoms with van der Waals surface area (Å²) in [6, 6.07) is 6.47. The van der Waals surface area contributed by atoms with Crippen LogP contribution in [-0.4, -0.2) is 28.8 Å². The van der Waals surface area contributed by atoms with Crippen molar-refractivity contribution < 1.29 is 13.9 Å². The molecule has 3 aromatic rings. The van der Waals surface area contributed by atoms with Crippen molar-refractivity contribution in [3.63, 3.8) is 0 Å². The van der Waals surface area contributed by atoms with E-state index in [2.05, 4.69) is 42.0 Å². The van der Waals surface area contributed by atoms with Crippen molar-refractivity contribution in [2.24, 2.45) is 0 Å². The molecule has 1 aliphatic carbocycles. The number of aromatic nitrogens is 2. The molecule has 5 nitrogen and oxygen atoms in total. The monoisotopic (exact) mass is 412 g/mol. The standard InChI is InChI=1S/C23H28N2O3S/c1-16-6-7-17(2)21(10-16)23(22-13-26-14-25-22)28-19-5-3-4-18(11-19)27-9-8-20-12-24-15-29-20/h6-7,10,12-15,18-19,23H,3-5,8-9,11H2,1-2H3/t18-,19+,23?/m0/s1. The number of hydrogen-bond donors (Lipinski definition) is 0. The van der Waals surface area contributed by atoms with Gasteiger partial charge in [-0.25, -0.2) is 4.98 Å². The second-order valence-electron chi connectivity index (χ2n) is 7.79. The van der Waals surface area contributed by atoms with Gasteiger partial charge in [-0.2, -0.15) is 0 Å². The van der Waals surface area contributed by atoms with E-state index in [1.54, 1.807) is 17.6 Å². The minimum absolute atomic E-state index is 0.152. The molecule has 0 saturated heterocycles. The molecule has 1 aromatic carbocycles. The summed E-state index contributed by atoms with van der Waals surface area (Å²) in [7, 11) is 0. The molecule has 1 aliphatic rings. The quantitative estimate of drug-likeness (QED) is 0.494. The van der Waals surface area contributed by atoms with Crippen LogP contribution < -0.4 is 0 Å². The molecule has 1 saturated carbocycles. The first-order valence-electron chi connectivity index (χ1n) is 10.3. The van der Waals surface area contributed by atoms with E-state index in [0.29, 0.717) is 0 Å². The molecule has 3 atom stereocenters. The number of aryl methyl sites for hydroxylation is 2. The van der Waals surface area contributed by atoms with E-state index in [1.807, 2.05) is 11.7 Å². The lowest BCUT2D eigenvalue weighted by Crippen LogP contribution is -2.30. The van der Waals surface area contributed by atoms with Gasteiger partial charge < -0.3 is 13.9 Å². The largest absolute Gasteiger partial charge is 0.451 e. The van der Waals surface area contributed by atoms with Gasteiger partial charge in [-0.15, -0.1) is 11.3 Å². The SMILES string of the molecule is Cc1ccc(C)c(C(O[C@@H]2CCC[C@H](OCCc3cncs3)C2)c2cocn2)c1. The molecule has 0 aliphatic heterocycles. The van der Waals surface area contributed by atoms with Gasteiger partial charge in [-0.3, -0.25) is 4.98 Å². The van der Waals surface area contributed by atoms with Crippen molar-refractivity contribution in [3.05, 3.63) is 69.8 Å². The third kappa shape index (κ3) is 5.32. The van der Waals surface area contributed by atoms with E-state index in [9.17, 15) is 0 Å². The van der Waals surface area contributed by atoms with Crippen molar-refractivity contribution in [3.8, 4) is 0 Å². The van der Waals surface area contributed by atoms with Gasteiger partial charge >= 0.3 is 0 Å². The Morgan fingerprint density at radius 2 is 2.14 bits per heavy atom. The molecule has 0 spiro atoms. The van der Waals surface area contributed by atoms with Crippen LogP contribution in [0.3, 0.4) is 0 Å². The fourth-order valence-corrected chi connectivity index (χ4v) is 4.54. The summed E-state index contributed by atoms with van der Waals surface area (Å²) in [5.74, 6) is 0. The van der Waals surface area contributed by atoms with Gasteiger partial charge in [0.2, 0.25) is 0 Å². The molecule has 0 N–H and O–H groups in total. The van der Waals surface area contributed by atoms with Gasteiger partial charge in [-0.05, 0) is 50.7 Å². The van der Waals surface area contributed by atoms with E-state index in [0.717, 1.165) is 50.0 Å². The maximum Gasteiger partial charge on any atom is 0.180 e.